The molecule has 6 heterocycles. The van der Waals surface area contributed by atoms with E-state index in [0.717, 1.165) is 135 Å². The van der Waals surface area contributed by atoms with Gasteiger partial charge in [0.2, 0.25) is 17.8 Å². The Balaban J connectivity index is 0.725. The Morgan fingerprint density at radius 1 is 0.603 bits per heavy atom. The number of hydrogen-bond donors (Lipinski definition) is 2. The fourth-order valence-electron chi connectivity index (χ4n) is 10.3. The molecule has 11 nitrogen and oxygen atoms in total. The smallest absolute Gasteiger partial charge is 0.227 e. The van der Waals surface area contributed by atoms with Crippen LogP contribution in [0.5, 0.6) is 0 Å². The van der Waals surface area contributed by atoms with Crippen molar-refractivity contribution in [3.05, 3.63) is 132 Å². The van der Waals surface area contributed by atoms with Crippen molar-refractivity contribution in [2.75, 3.05) is 57.7 Å². The minimum atomic E-state index is -0.0454. The molecular weight excluding hydrogens is 783 g/mol. The van der Waals surface area contributed by atoms with E-state index in [-0.39, 0.29) is 17.9 Å². The monoisotopic (exact) mass is 841 g/mol. The van der Waals surface area contributed by atoms with Crippen molar-refractivity contribution in [1.82, 2.24) is 39.5 Å². The van der Waals surface area contributed by atoms with Gasteiger partial charge < -0.3 is 20.1 Å². The first-order valence-corrected chi connectivity index (χ1v) is 23.3. The van der Waals surface area contributed by atoms with Gasteiger partial charge in [-0.1, -0.05) is 72.8 Å². The van der Waals surface area contributed by atoms with Gasteiger partial charge in [0.15, 0.2) is 0 Å². The van der Waals surface area contributed by atoms with Gasteiger partial charge in [0.05, 0.1) is 30.8 Å². The maximum absolute atomic E-state index is 13.8. The number of aromatic amines is 1. The third-order valence-corrected chi connectivity index (χ3v) is 13.9. The third-order valence-electron chi connectivity index (χ3n) is 13.9. The summed E-state index contributed by atoms with van der Waals surface area (Å²) in [4.78, 5) is 54.0. The van der Waals surface area contributed by atoms with Gasteiger partial charge in [0.25, 0.3) is 0 Å². The Kier molecular flexibility index (Phi) is 12.3. The lowest BCUT2D eigenvalue weighted by Crippen LogP contribution is -2.32. The molecule has 0 unspecified atom stereocenters. The number of carbonyl (C=O) groups is 2. The number of likely N-dealkylation sites (tertiary alicyclic amines) is 4. The van der Waals surface area contributed by atoms with E-state index in [4.69, 9.17) is 4.98 Å². The number of anilines is 1. The van der Waals surface area contributed by atoms with Crippen LogP contribution in [0.15, 0.2) is 104 Å². The van der Waals surface area contributed by atoms with E-state index in [9.17, 15) is 9.59 Å². The number of nitrogens with one attached hydrogen (secondary N) is 2. The van der Waals surface area contributed by atoms with E-state index >= 15 is 0 Å². The molecule has 4 fully saturated rings. The lowest BCUT2D eigenvalue weighted by atomic mass is 10.0. The molecule has 6 aromatic rings. The van der Waals surface area contributed by atoms with Crippen LogP contribution < -0.4 is 5.32 Å². The number of benzene rings is 4. The average Bonchev–Trinajstić information content (AvgIpc) is 4.18. The zero-order chi connectivity index (χ0) is 42.5. The van der Waals surface area contributed by atoms with Gasteiger partial charge in [-0.3, -0.25) is 19.4 Å². The van der Waals surface area contributed by atoms with Crippen molar-refractivity contribution >= 4 is 28.5 Å². The molecule has 2 N–H and O–H groups in total. The van der Waals surface area contributed by atoms with Crippen molar-refractivity contribution in [3.8, 4) is 22.4 Å². The van der Waals surface area contributed by atoms with Gasteiger partial charge in [-0.05, 0) is 128 Å². The quantitative estimate of drug-likeness (QED) is 0.113. The Morgan fingerprint density at radius 3 is 1.87 bits per heavy atom. The van der Waals surface area contributed by atoms with Crippen molar-refractivity contribution in [3.63, 3.8) is 0 Å². The Morgan fingerprint density at radius 2 is 1.21 bits per heavy atom. The first kappa shape index (κ1) is 41.1. The van der Waals surface area contributed by atoms with Crippen LogP contribution in [0, 0.1) is 5.92 Å². The molecule has 63 heavy (non-hydrogen) atoms. The van der Waals surface area contributed by atoms with E-state index < -0.39 is 0 Å². The van der Waals surface area contributed by atoms with Crippen LogP contribution in [0.25, 0.3) is 33.2 Å². The van der Waals surface area contributed by atoms with Gasteiger partial charge in [0.1, 0.15) is 5.82 Å². The van der Waals surface area contributed by atoms with Gasteiger partial charge in [-0.2, -0.15) is 0 Å². The van der Waals surface area contributed by atoms with Crippen LogP contribution >= 0.6 is 0 Å². The lowest BCUT2D eigenvalue weighted by molar-refractivity contribution is -0.131. The van der Waals surface area contributed by atoms with Gasteiger partial charge in [-0.25, -0.2) is 15.0 Å². The van der Waals surface area contributed by atoms with E-state index in [1.54, 1.807) is 0 Å². The van der Waals surface area contributed by atoms with Crippen molar-refractivity contribution < 1.29 is 9.59 Å². The van der Waals surface area contributed by atoms with E-state index in [0.29, 0.717) is 24.7 Å². The molecule has 324 valence electrons. The second kappa shape index (κ2) is 18.8. The summed E-state index contributed by atoms with van der Waals surface area (Å²) in [5, 5.41) is 5.69. The third kappa shape index (κ3) is 9.55. The average molecular weight is 842 g/mol. The van der Waals surface area contributed by atoms with Crippen LogP contribution in [-0.4, -0.2) is 104 Å². The first-order valence-electron chi connectivity index (χ1n) is 23.3. The summed E-state index contributed by atoms with van der Waals surface area (Å²) in [7, 11) is 0. The zero-order valence-electron chi connectivity index (χ0n) is 36.4. The Labute approximate surface area is 370 Å². The highest BCUT2D eigenvalue weighted by atomic mass is 16.2. The van der Waals surface area contributed by atoms with E-state index in [2.05, 4.69) is 115 Å². The molecule has 0 aliphatic carbocycles. The van der Waals surface area contributed by atoms with Gasteiger partial charge >= 0.3 is 0 Å². The summed E-state index contributed by atoms with van der Waals surface area (Å²) in [5.41, 5.74) is 8.88. The molecular formula is C52H59N9O2. The van der Waals surface area contributed by atoms with Crippen molar-refractivity contribution in [1.29, 1.82) is 0 Å². The number of amides is 2. The number of carbonyl (C=O) groups excluding carboxylic acids is 2. The highest BCUT2D eigenvalue weighted by molar-refractivity contribution is 5.90. The number of H-pyrrole nitrogens is 1. The van der Waals surface area contributed by atoms with E-state index in [1.165, 1.54) is 36.8 Å². The van der Waals surface area contributed by atoms with Gasteiger partial charge in [0, 0.05) is 62.8 Å². The van der Waals surface area contributed by atoms with Crippen LogP contribution in [-0.2, 0) is 35.5 Å². The number of aromatic nitrogens is 4. The van der Waals surface area contributed by atoms with Gasteiger partial charge in [-0.15, -0.1) is 0 Å². The lowest BCUT2D eigenvalue weighted by Gasteiger charge is -2.24. The second-order valence-corrected chi connectivity index (χ2v) is 18.2. The molecule has 4 aliphatic heterocycles. The normalized spacial score (nSPS) is 19.4. The molecule has 11 heteroatoms. The van der Waals surface area contributed by atoms with Crippen LogP contribution in [0.1, 0.15) is 79.1 Å². The molecule has 10 rings (SSSR count). The highest BCUT2D eigenvalue weighted by Gasteiger charge is 2.33. The SMILES string of the molecule is O=C(Cc1ccccc1CN1CCCC1)N1CC[C@H](CNc2ncc(-c3ccc4cc(-c5cnc([C@@H]6CCCN6C(=O)Cc6ccccc6CN6CCCC6)[nH]5)ccc4c3)cn2)C1. The summed E-state index contributed by atoms with van der Waals surface area (Å²) in [6.07, 6.45) is 14.5. The van der Waals surface area contributed by atoms with E-state index in [1.807, 2.05) is 28.4 Å². The minimum Gasteiger partial charge on any atom is -0.354 e. The predicted octanol–water partition coefficient (Wildman–Crippen LogP) is 8.29. The molecule has 0 radical (unpaired) electrons. The molecule has 2 atom stereocenters. The molecule has 4 aliphatic rings. The standard InChI is InChI=1S/C52H59N9O2/c62-49(28-38-10-1-3-12-44(38)35-58-20-5-6-21-58)60-25-19-37(34-60)30-54-52-55-31-46(32-56-52)42-16-15-41-27-43(18-17-40(41)26-42)47-33-53-51(57-47)48-14-9-24-61(48)50(63)29-39-11-2-4-13-45(39)36-59-22-7-8-23-59/h1-4,10-13,15-18,26-27,31-33,37,48H,5-9,14,19-25,28-30,34-36H2,(H,53,57)(H,54,55,56)/t37-,48+/m1/s1. The van der Waals surface area contributed by atoms with Crippen LogP contribution in [0.2, 0.25) is 0 Å². The first-order chi connectivity index (χ1) is 31.0. The topological polar surface area (TPSA) is 114 Å². The summed E-state index contributed by atoms with van der Waals surface area (Å²) in [6, 6.07) is 29.8. The summed E-state index contributed by atoms with van der Waals surface area (Å²) < 4.78 is 0. The van der Waals surface area contributed by atoms with Crippen LogP contribution in [0.4, 0.5) is 5.95 Å². The Hall–Kier alpha value is -5.91. The highest BCUT2D eigenvalue weighted by Crippen LogP contribution is 2.34. The second-order valence-electron chi connectivity index (χ2n) is 18.2. The largest absolute Gasteiger partial charge is 0.354 e. The Bertz CT molecular complexity index is 2540. The molecule has 0 bridgehead atoms. The summed E-state index contributed by atoms with van der Waals surface area (Å²) >= 11 is 0. The molecule has 4 saturated heterocycles. The van der Waals surface area contributed by atoms with Crippen molar-refractivity contribution in [2.24, 2.45) is 5.92 Å². The fourth-order valence-corrected chi connectivity index (χ4v) is 10.3. The number of rotatable bonds is 14. The maximum atomic E-state index is 13.8. The zero-order valence-corrected chi connectivity index (χ0v) is 36.4. The number of hydrogen-bond acceptors (Lipinski definition) is 8. The molecule has 2 amide bonds. The summed E-state index contributed by atoms with van der Waals surface area (Å²) in [5.74, 6) is 2.21. The maximum Gasteiger partial charge on any atom is 0.227 e. The minimum absolute atomic E-state index is 0.0454. The molecule has 4 aromatic carbocycles. The number of nitrogens with zero attached hydrogens (tertiary/aromatic N) is 7. The molecule has 0 spiro atoms. The fraction of sp³-hybridized carbons (Fsp3) is 0.404. The number of imidazole rings is 1. The molecule has 0 saturated carbocycles. The molecule has 2 aromatic heterocycles. The predicted molar refractivity (Wildman–Crippen MR) is 249 cm³/mol. The van der Waals surface area contributed by atoms with Crippen molar-refractivity contribution in [2.45, 2.75) is 76.9 Å². The number of fused-ring (bicyclic) bond motifs is 1. The summed E-state index contributed by atoms with van der Waals surface area (Å²) in [6.45, 7) is 9.48. The van der Waals surface area contributed by atoms with Crippen LogP contribution in [0.3, 0.4) is 0 Å².